The average Bonchev–Trinajstić information content (AvgIpc) is 2.79. The van der Waals surface area contributed by atoms with Crippen molar-refractivity contribution in [1.29, 1.82) is 0 Å². The number of hydrogen-bond donors (Lipinski definition) is 2. The highest BCUT2D eigenvalue weighted by atomic mass is 16.6. The van der Waals surface area contributed by atoms with Crippen LogP contribution < -0.4 is 11.1 Å². The molecule has 1 aliphatic carbocycles. The number of carbonyl (C=O) groups excluding carboxylic acids is 1. The molecule has 0 radical (unpaired) electrons. The van der Waals surface area contributed by atoms with Gasteiger partial charge in [0.25, 0.3) is 5.69 Å². The van der Waals surface area contributed by atoms with Crippen LogP contribution in [0, 0.1) is 29.9 Å². The van der Waals surface area contributed by atoms with Gasteiger partial charge in [0, 0.05) is 23.4 Å². The number of amides is 1. The van der Waals surface area contributed by atoms with Crippen LogP contribution >= 0.6 is 0 Å². The summed E-state index contributed by atoms with van der Waals surface area (Å²) >= 11 is 0. The van der Waals surface area contributed by atoms with Crippen LogP contribution in [0.25, 0.3) is 0 Å². The van der Waals surface area contributed by atoms with E-state index in [0.29, 0.717) is 23.2 Å². The lowest BCUT2D eigenvalue weighted by Crippen LogP contribution is -2.24. The third-order valence-corrected chi connectivity index (χ3v) is 3.45. The molecule has 1 aliphatic rings. The number of nitrogens with one attached hydrogen (secondary N) is 1. The Kier molecular flexibility index (Phi) is 3.85. The second-order valence-corrected chi connectivity index (χ2v) is 5.09. The van der Waals surface area contributed by atoms with E-state index in [9.17, 15) is 14.9 Å². The second kappa shape index (κ2) is 5.42. The van der Waals surface area contributed by atoms with E-state index in [-0.39, 0.29) is 23.6 Å². The van der Waals surface area contributed by atoms with Crippen LogP contribution in [-0.4, -0.2) is 16.9 Å². The molecule has 2 unspecified atom stereocenters. The molecule has 0 aromatic heterocycles. The standard InChI is InChI=1S/C14H17N3O3/c1-8-6-13(17(19)20)9(2)5-12(8)16-14(18)10-3-4-11(15)7-10/h3-6,10-11H,7,15H2,1-2H3,(H,16,18). The highest BCUT2D eigenvalue weighted by Gasteiger charge is 2.23. The molecule has 0 bridgehead atoms. The number of benzene rings is 1. The summed E-state index contributed by atoms with van der Waals surface area (Å²) in [6, 6.07) is 3.02. The highest BCUT2D eigenvalue weighted by Crippen LogP contribution is 2.27. The number of nitro groups is 1. The third-order valence-electron chi connectivity index (χ3n) is 3.45. The molecule has 0 heterocycles. The molecule has 6 heteroatoms. The first kappa shape index (κ1) is 14.2. The summed E-state index contributed by atoms with van der Waals surface area (Å²) in [5, 5.41) is 13.7. The van der Waals surface area contributed by atoms with Gasteiger partial charge in [0.05, 0.1) is 10.8 Å². The predicted octanol–water partition coefficient (Wildman–Crippen LogP) is 2.05. The van der Waals surface area contributed by atoms with Crippen molar-refractivity contribution < 1.29 is 9.72 Å². The van der Waals surface area contributed by atoms with Gasteiger partial charge in [0.1, 0.15) is 0 Å². The van der Waals surface area contributed by atoms with Gasteiger partial charge in [-0.1, -0.05) is 12.2 Å². The number of carbonyl (C=O) groups is 1. The van der Waals surface area contributed by atoms with Crippen LogP contribution in [0.15, 0.2) is 24.3 Å². The van der Waals surface area contributed by atoms with Crippen molar-refractivity contribution in [3.8, 4) is 0 Å². The van der Waals surface area contributed by atoms with E-state index in [0.717, 1.165) is 0 Å². The van der Waals surface area contributed by atoms with Crippen LogP contribution in [0.1, 0.15) is 17.5 Å². The van der Waals surface area contributed by atoms with E-state index in [4.69, 9.17) is 5.73 Å². The SMILES string of the molecule is Cc1cc([N+](=O)[O-])c(C)cc1NC(=O)C1C=CC(N)C1. The van der Waals surface area contributed by atoms with Crippen molar-refractivity contribution in [2.24, 2.45) is 11.7 Å². The third kappa shape index (κ3) is 2.85. The van der Waals surface area contributed by atoms with E-state index in [1.54, 1.807) is 26.0 Å². The van der Waals surface area contributed by atoms with Gasteiger partial charge in [0.2, 0.25) is 5.91 Å². The number of aryl methyl sites for hydroxylation is 2. The first-order valence-electron chi connectivity index (χ1n) is 6.39. The first-order chi connectivity index (χ1) is 9.38. The average molecular weight is 275 g/mol. The quantitative estimate of drug-likeness (QED) is 0.501. The van der Waals surface area contributed by atoms with Crippen molar-refractivity contribution >= 4 is 17.3 Å². The van der Waals surface area contributed by atoms with Gasteiger partial charge in [0.15, 0.2) is 0 Å². The fraction of sp³-hybridized carbons (Fsp3) is 0.357. The van der Waals surface area contributed by atoms with Gasteiger partial charge in [-0.2, -0.15) is 0 Å². The summed E-state index contributed by atoms with van der Waals surface area (Å²) in [7, 11) is 0. The smallest absolute Gasteiger partial charge is 0.272 e. The Morgan fingerprint density at radius 3 is 2.60 bits per heavy atom. The Morgan fingerprint density at radius 1 is 1.35 bits per heavy atom. The van der Waals surface area contributed by atoms with Gasteiger partial charge in [-0.05, 0) is 31.9 Å². The maximum atomic E-state index is 12.1. The number of nitrogens with two attached hydrogens (primary N) is 1. The van der Waals surface area contributed by atoms with E-state index >= 15 is 0 Å². The van der Waals surface area contributed by atoms with Crippen LogP contribution in [0.3, 0.4) is 0 Å². The maximum Gasteiger partial charge on any atom is 0.272 e. The largest absolute Gasteiger partial charge is 0.325 e. The number of rotatable bonds is 3. The summed E-state index contributed by atoms with van der Waals surface area (Å²) < 4.78 is 0. The number of hydrogen-bond acceptors (Lipinski definition) is 4. The molecule has 3 N–H and O–H groups in total. The van der Waals surface area contributed by atoms with Gasteiger partial charge in [-0.25, -0.2) is 0 Å². The van der Waals surface area contributed by atoms with Gasteiger partial charge < -0.3 is 11.1 Å². The zero-order valence-electron chi connectivity index (χ0n) is 11.4. The Labute approximate surface area is 116 Å². The normalized spacial score (nSPS) is 20.9. The number of nitro benzene ring substituents is 1. The molecule has 1 aromatic rings. The summed E-state index contributed by atoms with van der Waals surface area (Å²) in [5.41, 5.74) is 7.58. The second-order valence-electron chi connectivity index (χ2n) is 5.09. The molecule has 6 nitrogen and oxygen atoms in total. The lowest BCUT2D eigenvalue weighted by atomic mass is 10.1. The minimum absolute atomic E-state index is 0.0586. The Morgan fingerprint density at radius 2 is 2.05 bits per heavy atom. The highest BCUT2D eigenvalue weighted by molar-refractivity contribution is 5.95. The summed E-state index contributed by atoms with van der Waals surface area (Å²) in [6.07, 6.45) is 4.21. The molecular weight excluding hydrogens is 258 g/mol. The van der Waals surface area contributed by atoms with Gasteiger partial charge in [-0.3, -0.25) is 14.9 Å². The minimum Gasteiger partial charge on any atom is -0.325 e. The fourth-order valence-corrected chi connectivity index (χ4v) is 2.28. The first-order valence-corrected chi connectivity index (χ1v) is 6.39. The minimum atomic E-state index is -0.424. The fourth-order valence-electron chi connectivity index (χ4n) is 2.28. The van der Waals surface area contributed by atoms with Crippen molar-refractivity contribution in [2.45, 2.75) is 26.3 Å². The molecule has 106 valence electrons. The molecule has 1 amide bonds. The summed E-state index contributed by atoms with van der Waals surface area (Å²) in [6.45, 7) is 3.39. The lowest BCUT2D eigenvalue weighted by Gasteiger charge is -2.13. The summed E-state index contributed by atoms with van der Waals surface area (Å²) in [5.74, 6) is -0.370. The molecule has 0 fully saturated rings. The molecule has 2 atom stereocenters. The van der Waals surface area contributed by atoms with Crippen LogP contribution in [-0.2, 0) is 4.79 Å². The lowest BCUT2D eigenvalue weighted by molar-refractivity contribution is -0.385. The molecule has 2 rings (SSSR count). The van der Waals surface area contributed by atoms with Crippen LogP contribution in [0.4, 0.5) is 11.4 Å². The van der Waals surface area contributed by atoms with Crippen LogP contribution in [0.2, 0.25) is 0 Å². The monoisotopic (exact) mass is 275 g/mol. The molecule has 20 heavy (non-hydrogen) atoms. The molecule has 0 saturated carbocycles. The summed E-state index contributed by atoms with van der Waals surface area (Å²) in [4.78, 5) is 22.5. The Balaban J connectivity index is 2.18. The Bertz CT molecular complexity index is 596. The van der Waals surface area contributed by atoms with E-state index in [1.165, 1.54) is 6.07 Å². The topological polar surface area (TPSA) is 98.3 Å². The van der Waals surface area contributed by atoms with Crippen molar-refractivity contribution in [2.75, 3.05) is 5.32 Å². The molecule has 0 saturated heterocycles. The molecule has 0 spiro atoms. The van der Waals surface area contributed by atoms with Crippen molar-refractivity contribution in [1.82, 2.24) is 0 Å². The molecule has 1 aromatic carbocycles. The maximum absolute atomic E-state index is 12.1. The predicted molar refractivity (Wildman–Crippen MR) is 76.4 cm³/mol. The molecule has 0 aliphatic heterocycles. The van der Waals surface area contributed by atoms with E-state index in [2.05, 4.69) is 5.32 Å². The van der Waals surface area contributed by atoms with Crippen LogP contribution in [0.5, 0.6) is 0 Å². The Hall–Kier alpha value is -2.21. The van der Waals surface area contributed by atoms with Crippen molar-refractivity contribution in [3.63, 3.8) is 0 Å². The van der Waals surface area contributed by atoms with Gasteiger partial charge in [-0.15, -0.1) is 0 Å². The zero-order valence-corrected chi connectivity index (χ0v) is 11.4. The van der Waals surface area contributed by atoms with Crippen molar-refractivity contribution in [3.05, 3.63) is 45.5 Å². The van der Waals surface area contributed by atoms with E-state index in [1.807, 2.05) is 6.08 Å². The number of nitrogens with zero attached hydrogens (tertiary/aromatic N) is 1. The zero-order chi connectivity index (χ0) is 14.9. The molecular formula is C14H17N3O3. The van der Waals surface area contributed by atoms with Gasteiger partial charge >= 0.3 is 0 Å². The van der Waals surface area contributed by atoms with E-state index < -0.39 is 4.92 Å². The number of anilines is 1.